The van der Waals surface area contributed by atoms with Crippen LogP contribution in [0.2, 0.25) is 0 Å². The van der Waals surface area contributed by atoms with Crippen LogP contribution in [0.5, 0.6) is 0 Å². The highest BCUT2D eigenvalue weighted by Gasteiger charge is 2.51. The summed E-state index contributed by atoms with van der Waals surface area (Å²) in [7, 11) is 0. The number of nitrogens with one attached hydrogen (secondary N) is 2. The van der Waals surface area contributed by atoms with Crippen LogP contribution in [0.4, 0.5) is 22.7 Å². The van der Waals surface area contributed by atoms with E-state index in [4.69, 9.17) is 0 Å². The summed E-state index contributed by atoms with van der Waals surface area (Å²) in [5, 5.41) is 17.0. The van der Waals surface area contributed by atoms with Crippen molar-refractivity contribution in [3.8, 4) is 17.2 Å². The third-order valence-electron chi connectivity index (χ3n) is 15.5. The summed E-state index contributed by atoms with van der Waals surface area (Å²) >= 11 is 0. The molecule has 4 saturated heterocycles. The number of hydrogen-bond acceptors (Lipinski definition) is 8. The number of benzene rings is 6. The van der Waals surface area contributed by atoms with Gasteiger partial charge in [0, 0.05) is 55.5 Å². The molecule has 4 fully saturated rings. The van der Waals surface area contributed by atoms with Gasteiger partial charge in [0.15, 0.2) is 0 Å². The summed E-state index contributed by atoms with van der Waals surface area (Å²) < 4.78 is 0. The number of para-hydroxylation sites is 2. The molecule has 2 spiro atoms. The molecule has 4 aliphatic rings. The minimum Gasteiger partial charge on any atom is -0.341 e. The summed E-state index contributed by atoms with van der Waals surface area (Å²) in [6, 6.07) is 61.6. The molecule has 6 aromatic carbocycles. The first-order valence-electron chi connectivity index (χ1n) is 24.6. The van der Waals surface area contributed by atoms with E-state index in [-0.39, 0.29) is 11.8 Å². The molecule has 0 bridgehead atoms. The predicted molar refractivity (Wildman–Crippen MR) is 273 cm³/mol. The van der Waals surface area contributed by atoms with E-state index in [1.165, 1.54) is 0 Å². The Balaban J connectivity index is 0.770. The Labute approximate surface area is 401 Å². The van der Waals surface area contributed by atoms with Gasteiger partial charge in [-0.1, -0.05) is 121 Å². The second-order valence-corrected chi connectivity index (χ2v) is 19.1. The van der Waals surface area contributed by atoms with Crippen LogP contribution in [0.3, 0.4) is 0 Å². The maximum absolute atomic E-state index is 13.8. The molecule has 0 unspecified atom stereocenters. The van der Waals surface area contributed by atoms with E-state index in [0.717, 1.165) is 136 Å². The molecule has 4 aliphatic heterocycles. The lowest BCUT2D eigenvalue weighted by Gasteiger charge is -2.43. The summed E-state index contributed by atoms with van der Waals surface area (Å²) in [5.74, 6) is 0.274. The average molecular weight is 903 g/mol. The second kappa shape index (κ2) is 19.7. The van der Waals surface area contributed by atoms with Crippen molar-refractivity contribution in [3.05, 3.63) is 181 Å². The number of rotatable bonds is 15. The summed E-state index contributed by atoms with van der Waals surface area (Å²) in [5.41, 5.74) is 7.01. The molecule has 6 aromatic rings. The molecule has 0 atom stereocenters. The number of likely N-dealkylation sites (tertiary alicyclic amines) is 2. The standard InChI is InChI=1S/C58H62N8O2/c59-43-56(48-17-5-1-6-18-48,49-19-7-2-8-20-49)30-14-35-62-38-33-58(34-39-62)55(68)61-45-66(58)53-25-13-16-47(42-53)46-26-28-51(29-27-46)64(50-21-9-3-10-22-50)37-15-36-63-40-31-57(32-41-63)54(67)60-44-65(57)52-23-11-4-12-24-52/h1-13,16-29,42H,14-15,30-41,44-45H2,(H,60,67)(H,61,68). The smallest absolute Gasteiger partial charge is 0.247 e. The SMILES string of the molecule is N#CC(CCCN1CCC2(CC1)C(=O)NCN2c1cccc(-c2ccc(N(CCCN3CCC4(CC3)C(=O)NCN4c3ccccc3)c3ccccc3)cc2)c1)(c1ccccc1)c1ccccc1. The van der Waals surface area contributed by atoms with E-state index in [1.807, 2.05) is 54.6 Å². The normalized spacial score (nSPS) is 18.1. The Hall–Kier alpha value is -6.93. The van der Waals surface area contributed by atoms with Gasteiger partial charge in [0.05, 0.1) is 19.4 Å². The van der Waals surface area contributed by atoms with E-state index in [2.05, 4.69) is 156 Å². The maximum atomic E-state index is 13.8. The molecule has 0 aliphatic carbocycles. The number of hydrogen-bond donors (Lipinski definition) is 2. The van der Waals surface area contributed by atoms with Crippen molar-refractivity contribution in [3.63, 3.8) is 0 Å². The molecule has 0 saturated carbocycles. The first kappa shape index (κ1) is 44.9. The number of piperidine rings is 2. The Kier molecular flexibility index (Phi) is 13.0. The lowest BCUT2D eigenvalue weighted by atomic mass is 9.72. The van der Waals surface area contributed by atoms with Crippen molar-refractivity contribution in [2.75, 3.05) is 73.9 Å². The fourth-order valence-corrected chi connectivity index (χ4v) is 11.6. The van der Waals surface area contributed by atoms with E-state index in [1.54, 1.807) is 0 Å². The number of carbonyl (C=O) groups excluding carboxylic acids is 2. The summed E-state index contributed by atoms with van der Waals surface area (Å²) in [4.78, 5) is 39.0. The quantitative estimate of drug-likeness (QED) is 0.105. The van der Waals surface area contributed by atoms with Crippen molar-refractivity contribution < 1.29 is 9.59 Å². The van der Waals surface area contributed by atoms with Crippen LogP contribution in [0.15, 0.2) is 170 Å². The van der Waals surface area contributed by atoms with Gasteiger partial charge in [-0.15, -0.1) is 0 Å². The zero-order valence-electron chi connectivity index (χ0n) is 39.0. The summed E-state index contributed by atoms with van der Waals surface area (Å²) in [6.45, 7) is 7.21. The first-order chi connectivity index (χ1) is 33.4. The minimum atomic E-state index is -0.711. The Bertz CT molecular complexity index is 2640. The second-order valence-electron chi connectivity index (χ2n) is 19.1. The van der Waals surface area contributed by atoms with Gasteiger partial charge in [-0.2, -0.15) is 5.26 Å². The largest absolute Gasteiger partial charge is 0.341 e. The van der Waals surface area contributed by atoms with E-state index >= 15 is 0 Å². The highest BCUT2D eigenvalue weighted by molar-refractivity contribution is 5.94. The zero-order chi connectivity index (χ0) is 46.4. The molecule has 68 heavy (non-hydrogen) atoms. The molecule has 2 amide bonds. The first-order valence-corrected chi connectivity index (χ1v) is 24.6. The molecule has 10 rings (SSSR count). The molecular weight excluding hydrogens is 841 g/mol. The van der Waals surface area contributed by atoms with Gasteiger partial charge in [-0.3, -0.25) is 9.59 Å². The number of nitrogens with zero attached hydrogens (tertiary/aromatic N) is 6. The van der Waals surface area contributed by atoms with Crippen LogP contribution < -0.4 is 25.3 Å². The lowest BCUT2D eigenvalue weighted by molar-refractivity contribution is -0.125. The average Bonchev–Trinajstić information content (AvgIpc) is 3.89. The minimum absolute atomic E-state index is 0.115. The molecule has 0 aromatic heterocycles. The van der Waals surface area contributed by atoms with Gasteiger partial charge in [0.1, 0.15) is 16.5 Å². The van der Waals surface area contributed by atoms with Crippen molar-refractivity contribution in [1.29, 1.82) is 5.26 Å². The van der Waals surface area contributed by atoms with Crippen molar-refractivity contribution in [2.24, 2.45) is 0 Å². The highest BCUT2D eigenvalue weighted by atomic mass is 16.2. The van der Waals surface area contributed by atoms with Crippen LogP contribution in [0, 0.1) is 11.3 Å². The third kappa shape index (κ3) is 8.73. The third-order valence-corrected chi connectivity index (χ3v) is 15.5. The highest BCUT2D eigenvalue weighted by Crippen LogP contribution is 2.41. The molecule has 2 N–H and O–H groups in total. The molecule has 346 valence electrons. The van der Waals surface area contributed by atoms with Crippen LogP contribution in [0.25, 0.3) is 11.1 Å². The fraction of sp³-hybridized carbons (Fsp3) is 0.328. The number of nitriles is 1. The van der Waals surface area contributed by atoms with Gasteiger partial charge in [0.2, 0.25) is 11.8 Å². The van der Waals surface area contributed by atoms with Crippen LogP contribution in [-0.4, -0.2) is 91.8 Å². The van der Waals surface area contributed by atoms with Gasteiger partial charge < -0.3 is 35.1 Å². The van der Waals surface area contributed by atoms with Crippen LogP contribution in [-0.2, 0) is 15.0 Å². The molecular formula is C58H62N8O2. The lowest BCUT2D eigenvalue weighted by Crippen LogP contribution is -2.56. The fourth-order valence-electron chi connectivity index (χ4n) is 11.6. The van der Waals surface area contributed by atoms with Crippen molar-refractivity contribution in [2.45, 2.75) is 61.4 Å². The number of anilines is 4. The number of carbonyl (C=O) groups is 2. The predicted octanol–water partition coefficient (Wildman–Crippen LogP) is 9.33. The topological polar surface area (TPSA) is 98.2 Å². The van der Waals surface area contributed by atoms with Crippen LogP contribution >= 0.6 is 0 Å². The van der Waals surface area contributed by atoms with Crippen molar-refractivity contribution >= 4 is 34.6 Å². The van der Waals surface area contributed by atoms with Gasteiger partial charge in [0.25, 0.3) is 0 Å². The molecule has 0 radical (unpaired) electrons. The number of amides is 2. The van der Waals surface area contributed by atoms with Crippen molar-refractivity contribution in [1.82, 2.24) is 20.4 Å². The summed E-state index contributed by atoms with van der Waals surface area (Å²) in [6.07, 6.45) is 5.72. The zero-order valence-corrected chi connectivity index (χ0v) is 39.0. The van der Waals surface area contributed by atoms with Crippen LogP contribution in [0.1, 0.15) is 56.1 Å². The molecule has 10 nitrogen and oxygen atoms in total. The van der Waals surface area contributed by atoms with E-state index in [9.17, 15) is 14.9 Å². The molecule has 10 heteroatoms. The monoisotopic (exact) mass is 902 g/mol. The Morgan fingerprint density at radius 2 is 1.00 bits per heavy atom. The van der Waals surface area contributed by atoms with E-state index < -0.39 is 16.5 Å². The van der Waals surface area contributed by atoms with E-state index in [0.29, 0.717) is 13.3 Å². The maximum Gasteiger partial charge on any atom is 0.247 e. The van der Waals surface area contributed by atoms with Gasteiger partial charge >= 0.3 is 0 Å². The molecule has 4 heterocycles. The Morgan fingerprint density at radius 1 is 0.529 bits per heavy atom. The Morgan fingerprint density at radius 3 is 1.54 bits per heavy atom. The van der Waals surface area contributed by atoms with Gasteiger partial charge in [-0.05, 0) is 129 Å². The van der Waals surface area contributed by atoms with Gasteiger partial charge in [-0.25, -0.2) is 0 Å².